The van der Waals surface area contributed by atoms with Gasteiger partial charge in [-0.25, -0.2) is 0 Å². The second-order valence-electron chi connectivity index (χ2n) is 2.68. The molecule has 3 unspecified atom stereocenters. The fourth-order valence-corrected chi connectivity index (χ4v) is 1.38. The van der Waals surface area contributed by atoms with Gasteiger partial charge in [0.25, 0.3) is 0 Å². The van der Waals surface area contributed by atoms with Gasteiger partial charge < -0.3 is 9.84 Å². The average molecular weight is 170 g/mol. The molecule has 2 aliphatic rings. The van der Waals surface area contributed by atoms with Crippen LogP contribution in [0.25, 0.3) is 0 Å². The van der Waals surface area contributed by atoms with Crippen molar-refractivity contribution in [3.05, 3.63) is 0 Å². The molecule has 1 saturated carbocycles. The molecule has 0 aromatic carbocycles. The van der Waals surface area contributed by atoms with E-state index >= 15 is 0 Å². The van der Waals surface area contributed by atoms with Crippen molar-refractivity contribution >= 4 is 0 Å². The first-order chi connectivity index (χ1) is 3.86. The molecule has 3 heteroatoms. The molecule has 1 heterocycles. The van der Waals surface area contributed by atoms with Gasteiger partial charge in [0.05, 0.1) is 18.3 Å². The van der Waals surface area contributed by atoms with Crippen LogP contribution in [0.3, 0.4) is 0 Å². The van der Waals surface area contributed by atoms with Crippen LogP contribution in [-0.2, 0) is 21.8 Å². The Kier molecular flexibility index (Phi) is 2.17. The van der Waals surface area contributed by atoms with E-state index in [-0.39, 0.29) is 23.2 Å². The molecule has 9 heavy (non-hydrogen) atoms. The normalized spacial score (nSPS) is 47.0. The van der Waals surface area contributed by atoms with Gasteiger partial charge >= 0.3 is 0 Å². The fraction of sp³-hybridized carbons (Fsp3) is 1.00. The van der Waals surface area contributed by atoms with E-state index in [1.807, 2.05) is 0 Å². The molecule has 0 aromatic heterocycles. The molecule has 2 rings (SSSR count). The van der Waals surface area contributed by atoms with E-state index < -0.39 is 0 Å². The van der Waals surface area contributed by atoms with Crippen molar-refractivity contribution < 1.29 is 26.9 Å². The number of ether oxygens (including phenoxy) is 1. The molecule has 0 amide bonds. The Morgan fingerprint density at radius 1 is 1.22 bits per heavy atom. The Balaban J connectivity index is 0.000000405. The zero-order valence-corrected chi connectivity index (χ0v) is 6.17. The Hall–Kier alpha value is 0.439. The van der Waals surface area contributed by atoms with Gasteiger partial charge in [-0.1, -0.05) is 0 Å². The Morgan fingerprint density at radius 3 is 2.56 bits per heavy atom. The molecule has 0 aromatic rings. The first-order valence-electron chi connectivity index (χ1n) is 3.20. The number of hydrogen-bond acceptors (Lipinski definition) is 2. The van der Waals surface area contributed by atoms with Gasteiger partial charge in [-0.3, -0.25) is 0 Å². The van der Waals surface area contributed by atoms with Gasteiger partial charge in [-0.15, -0.1) is 0 Å². The van der Waals surface area contributed by atoms with E-state index in [9.17, 15) is 0 Å². The molecule has 1 N–H and O–H groups in total. The topological polar surface area (TPSA) is 32.8 Å². The summed E-state index contributed by atoms with van der Waals surface area (Å²) in [5.41, 5.74) is 0. The molecule has 1 aliphatic heterocycles. The molecule has 0 spiro atoms. The maximum absolute atomic E-state index is 9.03. The van der Waals surface area contributed by atoms with Crippen molar-refractivity contribution in [2.45, 2.75) is 37.6 Å². The molecule has 1 aliphatic carbocycles. The molecule has 0 bridgehead atoms. The predicted molar refractivity (Wildman–Crippen MR) is 28.5 cm³/mol. The number of rotatable bonds is 0. The fourth-order valence-electron chi connectivity index (χ4n) is 1.38. The predicted octanol–water partition coefficient (Wildman–Crippen LogP) is 0.296. The van der Waals surface area contributed by atoms with Crippen LogP contribution < -0.4 is 0 Å². The van der Waals surface area contributed by atoms with Gasteiger partial charge in [-0.05, 0) is 12.8 Å². The SMILES string of the molecule is OC1CCC2OC2C1.[Fe]. The standard InChI is InChI=1S/C6H10O2.Fe/c7-4-1-2-5-6(3-4)8-5;/h4-7H,1-3H2;. The Morgan fingerprint density at radius 2 is 2.00 bits per heavy atom. The molecule has 54 valence electrons. The maximum atomic E-state index is 9.03. The van der Waals surface area contributed by atoms with Crippen LogP contribution in [-0.4, -0.2) is 23.4 Å². The van der Waals surface area contributed by atoms with Crippen LogP contribution >= 0.6 is 0 Å². The van der Waals surface area contributed by atoms with E-state index in [0.29, 0.717) is 12.2 Å². The molecular weight excluding hydrogens is 160 g/mol. The Bertz CT molecular complexity index is 107. The van der Waals surface area contributed by atoms with Crippen molar-refractivity contribution in [3.8, 4) is 0 Å². The van der Waals surface area contributed by atoms with Crippen molar-refractivity contribution in [2.24, 2.45) is 0 Å². The van der Waals surface area contributed by atoms with E-state index in [2.05, 4.69) is 0 Å². The van der Waals surface area contributed by atoms with Crippen LogP contribution in [0.1, 0.15) is 19.3 Å². The van der Waals surface area contributed by atoms with Crippen LogP contribution in [0.2, 0.25) is 0 Å². The minimum Gasteiger partial charge on any atom is -0.393 e. The van der Waals surface area contributed by atoms with Gasteiger partial charge in [0.1, 0.15) is 0 Å². The summed E-state index contributed by atoms with van der Waals surface area (Å²) >= 11 is 0. The molecule has 0 radical (unpaired) electrons. The number of fused-ring (bicyclic) bond motifs is 1. The molecule has 2 fully saturated rings. The summed E-state index contributed by atoms with van der Waals surface area (Å²) in [6.07, 6.45) is 3.79. The molecule has 3 atom stereocenters. The largest absolute Gasteiger partial charge is 0.393 e. The monoisotopic (exact) mass is 170 g/mol. The first-order valence-corrected chi connectivity index (χ1v) is 3.20. The number of hydrogen-bond donors (Lipinski definition) is 1. The average Bonchev–Trinajstić information content (AvgIpc) is 2.43. The van der Waals surface area contributed by atoms with Crippen LogP contribution in [0, 0.1) is 0 Å². The summed E-state index contributed by atoms with van der Waals surface area (Å²) in [7, 11) is 0. The Labute approximate surface area is 65.1 Å². The van der Waals surface area contributed by atoms with Gasteiger partial charge in [0.2, 0.25) is 0 Å². The van der Waals surface area contributed by atoms with E-state index in [4.69, 9.17) is 9.84 Å². The number of aliphatic hydroxyl groups is 1. The summed E-state index contributed by atoms with van der Waals surface area (Å²) in [5.74, 6) is 0. The van der Waals surface area contributed by atoms with Crippen molar-refractivity contribution in [3.63, 3.8) is 0 Å². The molecule has 2 nitrogen and oxygen atoms in total. The third kappa shape index (κ3) is 1.47. The van der Waals surface area contributed by atoms with Gasteiger partial charge in [-0.2, -0.15) is 0 Å². The second-order valence-corrected chi connectivity index (χ2v) is 2.68. The van der Waals surface area contributed by atoms with E-state index in [1.165, 1.54) is 0 Å². The summed E-state index contributed by atoms with van der Waals surface area (Å²) < 4.78 is 5.19. The van der Waals surface area contributed by atoms with Crippen LogP contribution in [0.5, 0.6) is 0 Å². The number of epoxide rings is 1. The van der Waals surface area contributed by atoms with Crippen molar-refractivity contribution in [1.29, 1.82) is 0 Å². The minimum atomic E-state index is -0.0706. The summed E-state index contributed by atoms with van der Waals surface area (Å²) in [4.78, 5) is 0. The zero-order valence-electron chi connectivity index (χ0n) is 5.06. The van der Waals surface area contributed by atoms with Gasteiger partial charge in [0, 0.05) is 23.5 Å². The van der Waals surface area contributed by atoms with Gasteiger partial charge in [0.15, 0.2) is 0 Å². The maximum Gasteiger partial charge on any atom is 0.0866 e. The van der Waals surface area contributed by atoms with Crippen LogP contribution in [0.4, 0.5) is 0 Å². The summed E-state index contributed by atoms with van der Waals surface area (Å²) in [6.45, 7) is 0. The van der Waals surface area contributed by atoms with Crippen LogP contribution in [0.15, 0.2) is 0 Å². The minimum absolute atomic E-state index is 0. The number of aliphatic hydroxyl groups excluding tert-OH is 1. The van der Waals surface area contributed by atoms with Crippen molar-refractivity contribution in [2.75, 3.05) is 0 Å². The van der Waals surface area contributed by atoms with Crippen molar-refractivity contribution in [1.82, 2.24) is 0 Å². The third-order valence-corrected chi connectivity index (χ3v) is 1.98. The van der Waals surface area contributed by atoms with E-state index in [1.54, 1.807) is 0 Å². The quantitative estimate of drug-likeness (QED) is 0.418. The summed E-state index contributed by atoms with van der Waals surface area (Å²) in [6, 6.07) is 0. The molecular formula is C6H10FeO2. The first kappa shape index (κ1) is 7.55. The smallest absolute Gasteiger partial charge is 0.0866 e. The zero-order chi connectivity index (χ0) is 5.56. The summed E-state index contributed by atoms with van der Waals surface area (Å²) in [5, 5.41) is 9.03. The second kappa shape index (κ2) is 2.59. The molecule has 1 saturated heterocycles. The third-order valence-electron chi connectivity index (χ3n) is 1.98. The van der Waals surface area contributed by atoms with E-state index in [0.717, 1.165) is 19.3 Å².